The van der Waals surface area contributed by atoms with E-state index in [-0.39, 0.29) is 0 Å². The third-order valence-corrected chi connectivity index (χ3v) is 8.23. The van der Waals surface area contributed by atoms with Crippen molar-refractivity contribution in [2.75, 3.05) is 0 Å². The highest BCUT2D eigenvalue weighted by Gasteiger charge is 2.18. The summed E-state index contributed by atoms with van der Waals surface area (Å²) in [5, 5.41) is 10.2. The summed E-state index contributed by atoms with van der Waals surface area (Å²) in [6, 6.07) is 57.6. The Bertz CT molecular complexity index is 2200. The molecule has 0 nitrogen and oxygen atoms in total. The van der Waals surface area contributed by atoms with Crippen LogP contribution in [0.15, 0.2) is 158 Å². The quantitative estimate of drug-likeness (QED) is 0.209. The maximum Gasteiger partial charge on any atom is -0.00261 e. The van der Waals surface area contributed by atoms with E-state index in [1.165, 1.54) is 76.5 Å². The van der Waals surface area contributed by atoms with Gasteiger partial charge in [-0.05, 0) is 88.6 Å². The second kappa shape index (κ2) is 9.22. The van der Waals surface area contributed by atoms with Gasteiger partial charge in [0, 0.05) is 0 Å². The highest BCUT2D eigenvalue weighted by atomic mass is 14.2. The average molecular weight is 507 g/mol. The first-order chi connectivity index (χ1) is 19.8. The lowest BCUT2D eigenvalue weighted by atomic mass is 9.84. The van der Waals surface area contributed by atoms with E-state index < -0.39 is 0 Å². The van der Waals surface area contributed by atoms with Gasteiger partial charge in [-0.15, -0.1) is 0 Å². The van der Waals surface area contributed by atoms with Crippen LogP contribution in [-0.4, -0.2) is 0 Å². The molecule has 0 atom stereocenters. The van der Waals surface area contributed by atoms with Crippen LogP contribution in [0.5, 0.6) is 0 Å². The van der Waals surface area contributed by atoms with E-state index in [9.17, 15) is 0 Å². The van der Waals surface area contributed by atoms with Crippen molar-refractivity contribution < 1.29 is 0 Å². The fraction of sp³-hybridized carbons (Fsp3) is 0. The molecule has 0 unspecified atom stereocenters. The smallest absolute Gasteiger partial charge is 0.00261 e. The zero-order valence-electron chi connectivity index (χ0n) is 22.0. The predicted molar refractivity (Wildman–Crippen MR) is 173 cm³/mol. The number of hydrogen-bond donors (Lipinski definition) is 0. The number of rotatable bonds is 3. The van der Waals surface area contributed by atoms with E-state index in [0.717, 1.165) is 0 Å². The Balaban J connectivity index is 1.51. The molecule has 0 fully saturated rings. The molecule has 0 N–H and O–H groups in total. The van der Waals surface area contributed by atoms with Gasteiger partial charge in [0.05, 0.1) is 0 Å². The summed E-state index contributed by atoms with van der Waals surface area (Å²) in [5.74, 6) is 0. The van der Waals surface area contributed by atoms with Crippen LogP contribution in [0.4, 0.5) is 0 Å². The third-order valence-electron chi connectivity index (χ3n) is 8.23. The van der Waals surface area contributed by atoms with Gasteiger partial charge in [-0.25, -0.2) is 0 Å². The molecule has 0 aliphatic heterocycles. The molecule has 0 aromatic heterocycles. The van der Waals surface area contributed by atoms with E-state index in [2.05, 4.69) is 158 Å². The van der Waals surface area contributed by atoms with E-state index in [1.807, 2.05) is 0 Å². The van der Waals surface area contributed by atoms with Gasteiger partial charge < -0.3 is 0 Å². The monoisotopic (exact) mass is 506 g/mol. The number of hydrogen-bond acceptors (Lipinski definition) is 0. The Morgan fingerprint density at radius 2 is 0.825 bits per heavy atom. The highest BCUT2D eigenvalue weighted by Crippen LogP contribution is 2.45. The first kappa shape index (κ1) is 22.8. The van der Waals surface area contributed by atoms with Crippen molar-refractivity contribution >= 4 is 43.1 Å². The van der Waals surface area contributed by atoms with Gasteiger partial charge in [0.1, 0.15) is 0 Å². The van der Waals surface area contributed by atoms with Crippen molar-refractivity contribution in [2.24, 2.45) is 0 Å². The molecule has 8 aromatic rings. The number of benzene rings is 8. The SMILES string of the molecule is c1ccc(-c2c3ccccc3c(-c3ccc4ccccc4c3)c3ccc(-c4cccc5ccccc45)cc23)cc1. The second-order valence-corrected chi connectivity index (χ2v) is 10.5. The molecule has 8 aromatic carbocycles. The van der Waals surface area contributed by atoms with Crippen molar-refractivity contribution in [2.45, 2.75) is 0 Å². The molecule has 0 spiro atoms. The second-order valence-electron chi connectivity index (χ2n) is 10.5. The van der Waals surface area contributed by atoms with Gasteiger partial charge in [-0.3, -0.25) is 0 Å². The fourth-order valence-electron chi connectivity index (χ4n) is 6.39. The Morgan fingerprint density at radius 3 is 1.62 bits per heavy atom. The summed E-state index contributed by atoms with van der Waals surface area (Å²) in [4.78, 5) is 0. The molecule has 0 bridgehead atoms. The van der Waals surface area contributed by atoms with E-state index in [0.29, 0.717) is 0 Å². The van der Waals surface area contributed by atoms with Crippen molar-refractivity contribution in [3.63, 3.8) is 0 Å². The fourth-order valence-corrected chi connectivity index (χ4v) is 6.39. The van der Waals surface area contributed by atoms with Crippen LogP contribution < -0.4 is 0 Å². The van der Waals surface area contributed by atoms with Crippen LogP contribution in [0, 0.1) is 0 Å². The molecule has 186 valence electrons. The van der Waals surface area contributed by atoms with Crippen LogP contribution in [0.1, 0.15) is 0 Å². The Hall–Kier alpha value is -5.20. The highest BCUT2D eigenvalue weighted by molar-refractivity contribution is 6.22. The van der Waals surface area contributed by atoms with E-state index >= 15 is 0 Å². The van der Waals surface area contributed by atoms with Gasteiger partial charge in [-0.2, -0.15) is 0 Å². The average Bonchev–Trinajstić information content (AvgIpc) is 3.03. The first-order valence-electron chi connectivity index (χ1n) is 13.9. The van der Waals surface area contributed by atoms with Crippen molar-refractivity contribution in [3.8, 4) is 33.4 Å². The molecule has 8 rings (SSSR count). The third kappa shape index (κ3) is 3.61. The summed E-state index contributed by atoms with van der Waals surface area (Å²) in [5.41, 5.74) is 7.57. The summed E-state index contributed by atoms with van der Waals surface area (Å²) in [7, 11) is 0. The number of fused-ring (bicyclic) bond motifs is 4. The molecule has 0 aliphatic rings. The van der Waals surface area contributed by atoms with Gasteiger partial charge >= 0.3 is 0 Å². The van der Waals surface area contributed by atoms with Crippen molar-refractivity contribution in [3.05, 3.63) is 158 Å². The summed E-state index contributed by atoms with van der Waals surface area (Å²) in [6.07, 6.45) is 0. The standard InChI is InChI=1S/C40H26/c1-2-13-29(14-3-1)39-35-18-8-9-19-36(35)40(32-22-21-27-11-4-5-15-30(27)25-32)37-24-23-31(26-38(37)39)34-20-10-16-28-12-6-7-17-33(28)34/h1-26H. The van der Waals surface area contributed by atoms with Crippen LogP contribution in [0.2, 0.25) is 0 Å². The molecule has 0 radical (unpaired) electrons. The normalized spacial score (nSPS) is 11.5. The van der Waals surface area contributed by atoms with Crippen LogP contribution >= 0.6 is 0 Å². The van der Waals surface area contributed by atoms with Crippen LogP contribution in [0.3, 0.4) is 0 Å². The summed E-state index contributed by atoms with van der Waals surface area (Å²) < 4.78 is 0. The molecular formula is C40H26. The zero-order chi connectivity index (χ0) is 26.5. The molecule has 0 saturated carbocycles. The topological polar surface area (TPSA) is 0 Å². The van der Waals surface area contributed by atoms with Gasteiger partial charge in [-0.1, -0.05) is 146 Å². The van der Waals surface area contributed by atoms with Crippen LogP contribution in [0.25, 0.3) is 76.5 Å². The lowest BCUT2D eigenvalue weighted by molar-refractivity contribution is 1.65. The van der Waals surface area contributed by atoms with Crippen molar-refractivity contribution in [1.29, 1.82) is 0 Å². The van der Waals surface area contributed by atoms with Gasteiger partial charge in [0.15, 0.2) is 0 Å². The summed E-state index contributed by atoms with van der Waals surface area (Å²) in [6.45, 7) is 0. The largest absolute Gasteiger partial charge is 0.0622 e. The predicted octanol–water partition coefficient (Wildman–Crippen LogP) is 11.3. The minimum Gasteiger partial charge on any atom is -0.0622 e. The molecule has 0 saturated heterocycles. The minimum absolute atomic E-state index is 1.24. The molecule has 0 aliphatic carbocycles. The molecule has 0 amide bonds. The Morgan fingerprint density at radius 1 is 0.250 bits per heavy atom. The molecule has 0 heteroatoms. The molecular weight excluding hydrogens is 480 g/mol. The molecule has 0 heterocycles. The lowest BCUT2D eigenvalue weighted by Gasteiger charge is -2.19. The maximum atomic E-state index is 2.41. The van der Waals surface area contributed by atoms with Gasteiger partial charge in [0.2, 0.25) is 0 Å². The van der Waals surface area contributed by atoms with Crippen molar-refractivity contribution in [1.82, 2.24) is 0 Å². The maximum absolute atomic E-state index is 2.41. The van der Waals surface area contributed by atoms with E-state index in [4.69, 9.17) is 0 Å². The lowest BCUT2D eigenvalue weighted by Crippen LogP contribution is -1.92. The summed E-state index contributed by atoms with van der Waals surface area (Å²) >= 11 is 0. The van der Waals surface area contributed by atoms with E-state index in [1.54, 1.807) is 0 Å². The Labute approximate surface area is 233 Å². The zero-order valence-corrected chi connectivity index (χ0v) is 22.0. The van der Waals surface area contributed by atoms with Gasteiger partial charge in [0.25, 0.3) is 0 Å². The minimum atomic E-state index is 1.24. The molecule has 40 heavy (non-hydrogen) atoms. The first-order valence-corrected chi connectivity index (χ1v) is 13.9. The van der Waals surface area contributed by atoms with Crippen LogP contribution in [-0.2, 0) is 0 Å². The Kier molecular flexibility index (Phi) is 5.24.